The van der Waals surface area contributed by atoms with Crippen molar-refractivity contribution in [3.05, 3.63) is 24.0 Å². The molecule has 2 N–H and O–H groups in total. The van der Waals surface area contributed by atoms with Crippen LogP contribution < -0.4 is 10.9 Å². The molecule has 0 bridgehead atoms. The number of hydrogen-bond donors (Lipinski definition) is 2. The number of nitrogens with one attached hydrogen (secondary N) is 2. The van der Waals surface area contributed by atoms with E-state index < -0.39 is 5.92 Å². The van der Waals surface area contributed by atoms with Gasteiger partial charge in [-0.15, -0.1) is 0 Å². The Bertz CT molecular complexity index is 558. The van der Waals surface area contributed by atoms with Gasteiger partial charge in [0, 0.05) is 25.4 Å². The molecule has 2 amide bonds. The summed E-state index contributed by atoms with van der Waals surface area (Å²) in [4.78, 5) is 23.0. The lowest BCUT2D eigenvalue weighted by Crippen LogP contribution is -2.29. The van der Waals surface area contributed by atoms with Crippen molar-refractivity contribution in [2.45, 2.75) is 13.3 Å². The van der Waals surface area contributed by atoms with Gasteiger partial charge in [0.25, 0.3) is 0 Å². The van der Waals surface area contributed by atoms with Crippen molar-refractivity contribution in [2.75, 3.05) is 0 Å². The highest BCUT2D eigenvalue weighted by atomic mass is 16.2. The summed E-state index contributed by atoms with van der Waals surface area (Å²) in [7, 11) is 1.88. The summed E-state index contributed by atoms with van der Waals surface area (Å²) < 4.78 is 1.87. The largest absolute Gasteiger partial charge is 0.350 e. The third kappa shape index (κ3) is 3.06. The number of aromatic nitrogens is 1. The first kappa shape index (κ1) is 13.0. The van der Waals surface area contributed by atoms with Gasteiger partial charge in [-0.3, -0.25) is 9.59 Å². The van der Waals surface area contributed by atoms with Gasteiger partial charge in [0.1, 0.15) is 0 Å². The molecule has 0 aromatic carbocycles. The minimum absolute atomic E-state index is 0.0473. The maximum atomic E-state index is 11.6. The van der Waals surface area contributed by atoms with Gasteiger partial charge in [-0.05, 0) is 19.1 Å². The number of amides is 2. The van der Waals surface area contributed by atoms with Crippen LogP contribution in [0.3, 0.4) is 0 Å². The van der Waals surface area contributed by atoms with E-state index in [4.69, 9.17) is 0 Å². The van der Waals surface area contributed by atoms with Gasteiger partial charge in [0.05, 0.1) is 17.8 Å². The summed E-state index contributed by atoms with van der Waals surface area (Å²) in [6, 6.07) is 3.75. The van der Waals surface area contributed by atoms with E-state index in [1.807, 2.05) is 29.9 Å². The lowest BCUT2D eigenvalue weighted by Gasteiger charge is -2.05. The zero-order valence-corrected chi connectivity index (χ0v) is 10.8. The van der Waals surface area contributed by atoms with Crippen LogP contribution in [0.1, 0.15) is 19.0 Å². The van der Waals surface area contributed by atoms with Crippen molar-refractivity contribution < 1.29 is 9.59 Å². The van der Waals surface area contributed by atoms with Crippen molar-refractivity contribution >= 4 is 23.7 Å². The van der Waals surface area contributed by atoms with Gasteiger partial charge in [-0.2, -0.15) is 10.2 Å². The monoisotopic (exact) mass is 261 g/mol. The fourth-order valence-corrected chi connectivity index (χ4v) is 1.74. The summed E-state index contributed by atoms with van der Waals surface area (Å²) in [6.45, 7) is 1.71. The number of carbonyl (C=O) groups excluding carboxylic acids is 2. The van der Waals surface area contributed by atoms with Crippen molar-refractivity contribution in [3.8, 4) is 0 Å². The lowest BCUT2D eigenvalue weighted by atomic mass is 10.0. The number of hydrogen-bond acceptors (Lipinski definition) is 4. The highest BCUT2D eigenvalue weighted by Gasteiger charge is 2.28. The summed E-state index contributed by atoms with van der Waals surface area (Å²) in [5.41, 5.74) is 6.23. The van der Waals surface area contributed by atoms with Crippen LogP contribution in [-0.2, 0) is 16.6 Å². The molecule has 0 radical (unpaired) electrons. The molecule has 2 heterocycles. The predicted molar refractivity (Wildman–Crippen MR) is 70.5 cm³/mol. The molecule has 1 atom stereocenters. The number of aryl methyl sites for hydroxylation is 1. The molecule has 1 aromatic heterocycles. The molecule has 100 valence electrons. The Morgan fingerprint density at radius 3 is 3.05 bits per heavy atom. The van der Waals surface area contributed by atoms with Crippen LogP contribution in [0, 0.1) is 5.92 Å². The van der Waals surface area contributed by atoms with Crippen LogP contribution in [0.25, 0.3) is 0 Å². The van der Waals surface area contributed by atoms with Crippen LogP contribution >= 0.6 is 0 Å². The van der Waals surface area contributed by atoms with Crippen LogP contribution in [0.4, 0.5) is 0 Å². The van der Waals surface area contributed by atoms with Crippen LogP contribution in [0.2, 0.25) is 0 Å². The van der Waals surface area contributed by atoms with Gasteiger partial charge in [-0.25, -0.2) is 10.9 Å². The molecule has 1 aliphatic rings. The van der Waals surface area contributed by atoms with E-state index in [2.05, 4.69) is 21.1 Å². The molecule has 0 fully saturated rings. The Morgan fingerprint density at radius 2 is 2.47 bits per heavy atom. The standard InChI is InChI=1S/C12H15N5O2/c1-8-10(12(19)16-14-8)6-11(18)15-13-7-9-4-3-5-17(9)2/h3-5,7,10H,6H2,1-2H3,(H,15,18)(H,16,19). The quantitative estimate of drug-likeness (QED) is 0.589. The molecule has 19 heavy (non-hydrogen) atoms. The van der Waals surface area contributed by atoms with Crippen molar-refractivity contribution in [3.63, 3.8) is 0 Å². The molecule has 0 spiro atoms. The first-order valence-corrected chi connectivity index (χ1v) is 5.85. The molecule has 1 aromatic rings. The zero-order valence-electron chi connectivity index (χ0n) is 10.8. The normalized spacial score (nSPS) is 18.5. The molecule has 0 saturated heterocycles. The number of rotatable bonds is 4. The number of nitrogens with zero attached hydrogens (tertiary/aromatic N) is 3. The Kier molecular flexibility index (Phi) is 3.74. The van der Waals surface area contributed by atoms with Gasteiger partial charge in [-0.1, -0.05) is 0 Å². The highest BCUT2D eigenvalue weighted by Crippen LogP contribution is 2.11. The predicted octanol–water partition coefficient (Wildman–Crippen LogP) is -0.0128. The Labute approximate surface area is 110 Å². The maximum absolute atomic E-state index is 11.6. The molecule has 7 nitrogen and oxygen atoms in total. The van der Waals surface area contributed by atoms with Gasteiger partial charge >= 0.3 is 0 Å². The average Bonchev–Trinajstić information content (AvgIpc) is 2.90. The topological polar surface area (TPSA) is 87.8 Å². The minimum Gasteiger partial charge on any atom is -0.350 e. The van der Waals surface area contributed by atoms with E-state index in [1.165, 1.54) is 0 Å². The second-order valence-corrected chi connectivity index (χ2v) is 4.32. The van der Waals surface area contributed by atoms with Crippen LogP contribution in [0.15, 0.2) is 28.5 Å². The fraction of sp³-hybridized carbons (Fsp3) is 0.333. The Hall–Kier alpha value is -2.44. The van der Waals surface area contributed by atoms with E-state index in [0.29, 0.717) is 5.71 Å². The molecular weight excluding hydrogens is 246 g/mol. The van der Waals surface area contributed by atoms with Crippen LogP contribution in [0.5, 0.6) is 0 Å². The molecule has 1 aliphatic heterocycles. The number of hydrazone groups is 2. The van der Waals surface area contributed by atoms with Gasteiger partial charge in [0.2, 0.25) is 11.8 Å². The third-order valence-corrected chi connectivity index (χ3v) is 2.92. The van der Waals surface area contributed by atoms with E-state index in [9.17, 15) is 9.59 Å². The first-order chi connectivity index (χ1) is 9.08. The van der Waals surface area contributed by atoms with E-state index in [-0.39, 0.29) is 18.2 Å². The lowest BCUT2D eigenvalue weighted by molar-refractivity contribution is -0.127. The van der Waals surface area contributed by atoms with Gasteiger partial charge in [0.15, 0.2) is 0 Å². The zero-order chi connectivity index (χ0) is 13.8. The van der Waals surface area contributed by atoms with Crippen molar-refractivity contribution in [1.82, 2.24) is 15.4 Å². The fourth-order valence-electron chi connectivity index (χ4n) is 1.74. The summed E-state index contributed by atoms with van der Waals surface area (Å²) in [5.74, 6) is -1.06. The second-order valence-electron chi connectivity index (χ2n) is 4.32. The number of carbonyl (C=O) groups is 2. The molecule has 0 aliphatic carbocycles. The smallest absolute Gasteiger partial charge is 0.249 e. The van der Waals surface area contributed by atoms with Crippen LogP contribution in [-0.4, -0.2) is 28.3 Å². The molecule has 1 unspecified atom stereocenters. The van der Waals surface area contributed by atoms with Crippen molar-refractivity contribution in [2.24, 2.45) is 23.2 Å². The van der Waals surface area contributed by atoms with Gasteiger partial charge < -0.3 is 4.57 Å². The van der Waals surface area contributed by atoms with E-state index >= 15 is 0 Å². The third-order valence-electron chi connectivity index (χ3n) is 2.92. The Balaban J connectivity index is 1.85. The second kappa shape index (κ2) is 5.47. The molecule has 0 saturated carbocycles. The maximum Gasteiger partial charge on any atom is 0.249 e. The first-order valence-electron chi connectivity index (χ1n) is 5.85. The molecule has 7 heteroatoms. The minimum atomic E-state index is -0.495. The van der Waals surface area contributed by atoms with Crippen molar-refractivity contribution in [1.29, 1.82) is 0 Å². The molecule has 2 rings (SSSR count). The summed E-state index contributed by atoms with van der Waals surface area (Å²) in [5, 5.41) is 7.63. The van der Waals surface area contributed by atoms with E-state index in [0.717, 1.165) is 5.69 Å². The highest BCUT2D eigenvalue weighted by molar-refractivity contribution is 6.09. The summed E-state index contributed by atoms with van der Waals surface area (Å²) in [6.07, 6.45) is 3.48. The van der Waals surface area contributed by atoms with E-state index in [1.54, 1.807) is 13.1 Å². The average molecular weight is 261 g/mol. The Morgan fingerprint density at radius 1 is 1.68 bits per heavy atom. The summed E-state index contributed by atoms with van der Waals surface area (Å²) >= 11 is 0. The SMILES string of the molecule is CC1=NNC(=O)C1CC(=O)NN=Cc1cccn1C. The molecular formula is C12H15N5O2.